The molecule has 1 aliphatic rings. The van der Waals surface area contributed by atoms with Crippen LogP contribution in [0.25, 0.3) is 0 Å². The normalized spacial score (nSPS) is 27.3. The van der Waals surface area contributed by atoms with Crippen LogP contribution in [0.4, 0.5) is 0 Å². The van der Waals surface area contributed by atoms with E-state index < -0.39 is 4.87 Å². The standard InChI is InChI=1S/C20H29ClO/c1-15-8-6-10-16(2)12-13-18(20(4,5)21)19(22)14-17(3)11-7-9-15/h7,10,14,18H,6,8,11-13H2,1-5H3/b16-10-,17-14+/t9?,18-/m1/s1. The maximum Gasteiger partial charge on any atom is 0.160 e. The molecule has 0 unspecified atom stereocenters. The Balaban J connectivity index is 3.08. The molecule has 0 saturated carbocycles. The summed E-state index contributed by atoms with van der Waals surface area (Å²) in [5, 5.41) is 0. The van der Waals surface area contributed by atoms with Gasteiger partial charge >= 0.3 is 0 Å². The first-order valence-corrected chi connectivity index (χ1v) is 8.54. The summed E-state index contributed by atoms with van der Waals surface area (Å²) < 4.78 is 0. The molecule has 22 heavy (non-hydrogen) atoms. The fourth-order valence-corrected chi connectivity index (χ4v) is 2.91. The van der Waals surface area contributed by atoms with Crippen molar-refractivity contribution in [2.24, 2.45) is 5.92 Å². The highest BCUT2D eigenvalue weighted by Crippen LogP contribution is 2.31. The summed E-state index contributed by atoms with van der Waals surface area (Å²) in [6.45, 7) is 10.1. The number of carbonyl (C=O) groups is 1. The third kappa shape index (κ3) is 6.81. The van der Waals surface area contributed by atoms with Crippen molar-refractivity contribution in [3.63, 3.8) is 0 Å². The van der Waals surface area contributed by atoms with Crippen LogP contribution < -0.4 is 0 Å². The summed E-state index contributed by atoms with van der Waals surface area (Å²) in [5.41, 5.74) is 7.00. The molecule has 0 spiro atoms. The third-order valence-corrected chi connectivity index (χ3v) is 4.44. The Hall–Kier alpha value is -1.04. The average molecular weight is 321 g/mol. The van der Waals surface area contributed by atoms with Gasteiger partial charge in [-0.15, -0.1) is 17.3 Å². The summed E-state index contributed by atoms with van der Waals surface area (Å²) in [7, 11) is 0. The Kier molecular flexibility index (Phi) is 7.39. The maximum absolute atomic E-state index is 12.6. The molecular formula is C20H29ClO. The van der Waals surface area contributed by atoms with Gasteiger partial charge in [0.1, 0.15) is 0 Å². The van der Waals surface area contributed by atoms with E-state index in [1.54, 1.807) is 6.08 Å². The van der Waals surface area contributed by atoms with Crippen molar-refractivity contribution in [3.05, 3.63) is 40.7 Å². The Labute approximate surface area is 140 Å². The van der Waals surface area contributed by atoms with Gasteiger partial charge < -0.3 is 0 Å². The minimum Gasteiger partial charge on any atom is -0.294 e. The SMILES string of the molecule is CC1=C=CC/C(C)=C/C(=O)[C@H](C(C)(C)Cl)CC/C(C)=C\CC1. The second-order valence-electron chi connectivity index (χ2n) is 6.97. The van der Waals surface area contributed by atoms with Crippen LogP contribution in [0.2, 0.25) is 0 Å². The molecule has 0 bridgehead atoms. The van der Waals surface area contributed by atoms with Crippen LogP contribution in [0.3, 0.4) is 0 Å². The lowest BCUT2D eigenvalue weighted by Crippen LogP contribution is -2.31. The van der Waals surface area contributed by atoms with Gasteiger partial charge in [0.2, 0.25) is 0 Å². The smallest absolute Gasteiger partial charge is 0.160 e. The number of hydrogen-bond donors (Lipinski definition) is 0. The average Bonchev–Trinajstić information content (AvgIpc) is 2.36. The van der Waals surface area contributed by atoms with Crippen molar-refractivity contribution in [3.8, 4) is 0 Å². The number of carbonyl (C=O) groups excluding carboxylic acids is 1. The van der Waals surface area contributed by atoms with Crippen molar-refractivity contribution in [2.75, 3.05) is 0 Å². The largest absolute Gasteiger partial charge is 0.294 e. The van der Waals surface area contributed by atoms with Crippen LogP contribution >= 0.6 is 11.6 Å². The lowest BCUT2D eigenvalue weighted by atomic mass is 9.84. The Bertz CT molecular complexity index is 522. The highest BCUT2D eigenvalue weighted by atomic mass is 35.5. The number of hydrogen-bond acceptors (Lipinski definition) is 1. The van der Waals surface area contributed by atoms with Crippen LogP contribution in [0.15, 0.2) is 40.7 Å². The van der Waals surface area contributed by atoms with Gasteiger partial charge in [-0.1, -0.05) is 17.2 Å². The molecule has 0 N–H and O–H groups in total. The minimum atomic E-state index is -0.516. The number of alkyl halides is 1. The van der Waals surface area contributed by atoms with Crippen molar-refractivity contribution >= 4 is 17.4 Å². The molecule has 0 saturated heterocycles. The zero-order valence-electron chi connectivity index (χ0n) is 14.6. The van der Waals surface area contributed by atoms with Gasteiger partial charge in [-0.2, -0.15) is 0 Å². The van der Waals surface area contributed by atoms with E-state index in [0.717, 1.165) is 37.7 Å². The molecule has 0 aromatic heterocycles. The van der Waals surface area contributed by atoms with Gasteiger partial charge in [-0.05, 0) is 84.4 Å². The van der Waals surface area contributed by atoms with Crippen LogP contribution in [-0.4, -0.2) is 10.7 Å². The summed E-state index contributed by atoms with van der Waals surface area (Å²) in [6, 6.07) is 0. The van der Waals surface area contributed by atoms with Gasteiger partial charge in [0, 0.05) is 10.8 Å². The van der Waals surface area contributed by atoms with E-state index in [-0.39, 0.29) is 11.7 Å². The number of ketones is 1. The van der Waals surface area contributed by atoms with Crippen LogP contribution in [0.5, 0.6) is 0 Å². The van der Waals surface area contributed by atoms with E-state index in [1.807, 2.05) is 26.8 Å². The van der Waals surface area contributed by atoms with E-state index in [2.05, 4.69) is 25.7 Å². The molecule has 0 aliphatic heterocycles. The first-order valence-electron chi connectivity index (χ1n) is 8.16. The lowest BCUT2D eigenvalue weighted by molar-refractivity contribution is -0.119. The molecule has 0 radical (unpaired) electrons. The third-order valence-electron chi connectivity index (χ3n) is 4.17. The second kappa shape index (κ2) is 8.56. The summed E-state index contributed by atoms with van der Waals surface area (Å²) >= 11 is 6.48. The van der Waals surface area contributed by atoms with Crippen molar-refractivity contribution < 1.29 is 4.79 Å². The zero-order chi connectivity index (χ0) is 16.8. The molecule has 1 rings (SSSR count). The molecule has 1 nitrogen and oxygen atoms in total. The van der Waals surface area contributed by atoms with E-state index >= 15 is 0 Å². The molecule has 0 amide bonds. The Morgan fingerprint density at radius 3 is 2.50 bits per heavy atom. The molecule has 1 aliphatic carbocycles. The first kappa shape index (κ1) is 19.0. The van der Waals surface area contributed by atoms with Gasteiger partial charge in [-0.25, -0.2) is 0 Å². The van der Waals surface area contributed by atoms with E-state index in [0.29, 0.717) is 0 Å². The van der Waals surface area contributed by atoms with Crippen LogP contribution in [-0.2, 0) is 4.79 Å². The molecule has 1 atom stereocenters. The summed E-state index contributed by atoms with van der Waals surface area (Å²) in [6.07, 6.45) is 10.7. The highest BCUT2D eigenvalue weighted by Gasteiger charge is 2.31. The van der Waals surface area contributed by atoms with Gasteiger partial charge in [0.25, 0.3) is 0 Å². The monoisotopic (exact) mass is 320 g/mol. The van der Waals surface area contributed by atoms with E-state index in [1.165, 1.54) is 11.1 Å². The van der Waals surface area contributed by atoms with Gasteiger partial charge in [-0.3, -0.25) is 4.79 Å². The predicted molar refractivity (Wildman–Crippen MR) is 96.3 cm³/mol. The van der Waals surface area contributed by atoms with Gasteiger partial charge in [0.05, 0.1) is 0 Å². The molecule has 2 heteroatoms. The zero-order valence-corrected chi connectivity index (χ0v) is 15.4. The van der Waals surface area contributed by atoms with Crippen molar-refractivity contribution in [2.45, 2.75) is 71.6 Å². The number of allylic oxidation sites excluding steroid dienone is 5. The topological polar surface area (TPSA) is 17.1 Å². The van der Waals surface area contributed by atoms with Crippen LogP contribution in [0.1, 0.15) is 66.7 Å². The molecule has 0 aromatic carbocycles. The quantitative estimate of drug-likeness (QED) is 0.322. The minimum absolute atomic E-state index is 0.142. The molecular weight excluding hydrogens is 292 g/mol. The van der Waals surface area contributed by atoms with E-state index in [4.69, 9.17) is 11.6 Å². The van der Waals surface area contributed by atoms with Gasteiger partial charge in [0.15, 0.2) is 5.78 Å². The fourth-order valence-electron chi connectivity index (χ4n) is 2.69. The number of halogens is 1. The highest BCUT2D eigenvalue weighted by molar-refractivity contribution is 6.25. The summed E-state index contributed by atoms with van der Waals surface area (Å²) in [4.78, 5) is 12.1. The fraction of sp³-hybridized carbons (Fsp3) is 0.600. The van der Waals surface area contributed by atoms with Crippen molar-refractivity contribution in [1.82, 2.24) is 0 Å². The molecule has 122 valence electrons. The predicted octanol–water partition coefficient (Wildman–Crippen LogP) is 6.15. The lowest BCUT2D eigenvalue weighted by Gasteiger charge is -2.26. The Morgan fingerprint density at radius 1 is 1.18 bits per heavy atom. The first-order chi connectivity index (χ1) is 10.2. The Morgan fingerprint density at radius 2 is 1.86 bits per heavy atom. The van der Waals surface area contributed by atoms with Crippen molar-refractivity contribution in [1.29, 1.82) is 0 Å². The second-order valence-corrected chi connectivity index (χ2v) is 7.94. The number of rotatable bonds is 1. The molecule has 0 fully saturated rings. The van der Waals surface area contributed by atoms with Crippen LogP contribution in [0, 0.1) is 5.92 Å². The summed E-state index contributed by atoms with van der Waals surface area (Å²) in [5.74, 6) is 0.00752. The van der Waals surface area contributed by atoms with E-state index in [9.17, 15) is 4.79 Å². The molecule has 0 heterocycles. The molecule has 0 aromatic rings. The maximum atomic E-state index is 12.6.